The molecule has 2 nitrogen and oxygen atoms in total. The van der Waals surface area contributed by atoms with Crippen LogP contribution in [0.5, 0.6) is 0 Å². The first-order chi connectivity index (χ1) is 4.88. The largest absolute Gasteiger partial charge is 0.356 e. The van der Waals surface area contributed by atoms with Crippen LogP contribution in [0.15, 0.2) is 0 Å². The monoisotopic (exact) mass is 179 g/mol. The lowest BCUT2D eigenvalue weighted by Crippen LogP contribution is -2.20. The summed E-state index contributed by atoms with van der Waals surface area (Å²) in [4.78, 5) is 0. The van der Waals surface area contributed by atoms with Crippen molar-refractivity contribution in [3.8, 4) is 0 Å². The van der Waals surface area contributed by atoms with Crippen LogP contribution >= 0.6 is 7.26 Å². The van der Waals surface area contributed by atoms with Gasteiger partial charge in [0.25, 0.3) is 0 Å². The Hall–Kier alpha value is 0.350. The van der Waals surface area contributed by atoms with Crippen LogP contribution in [-0.4, -0.2) is 39.2 Å². The molecule has 0 spiro atoms. The fourth-order valence-corrected chi connectivity index (χ4v) is 1.05. The fraction of sp³-hybridized carbons (Fsp3) is 1.00. The van der Waals surface area contributed by atoms with E-state index in [4.69, 9.17) is 9.47 Å². The van der Waals surface area contributed by atoms with Crippen LogP contribution in [0.25, 0.3) is 0 Å². The molecule has 3 heteroatoms. The van der Waals surface area contributed by atoms with E-state index in [0.717, 1.165) is 0 Å². The van der Waals surface area contributed by atoms with E-state index >= 15 is 0 Å². The quantitative estimate of drug-likeness (QED) is 0.486. The van der Waals surface area contributed by atoms with Crippen LogP contribution in [0.1, 0.15) is 13.8 Å². The molecule has 68 valence electrons. The van der Waals surface area contributed by atoms with Crippen LogP contribution in [0, 0.1) is 0 Å². The predicted octanol–water partition coefficient (Wildman–Crippen LogP) is 2.25. The first kappa shape index (κ1) is 11.4. The average molecular weight is 179 g/mol. The van der Waals surface area contributed by atoms with Crippen molar-refractivity contribution in [1.29, 1.82) is 0 Å². The molecule has 2 atom stereocenters. The first-order valence-corrected chi connectivity index (χ1v) is 7.07. The summed E-state index contributed by atoms with van der Waals surface area (Å²) in [5.41, 5.74) is 0. The summed E-state index contributed by atoms with van der Waals surface area (Å²) in [7, 11) is 0.789. The number of hydrogen-bond acceptors (Lipinski definition) is 2. The highest BCUT2D eigenvalue weighted by Crippen LogP contribution is 2.52. The fourth-order valence-electron chi connectivity index (χ4n) is 0.515. The van der Waals surface area contributed by atoms with Crippen molar-refractivity contribution in [2.75, 3.05) is 27.1 Å². The van der Waals surface area contributed by atoms with Crippen molar-refractivity contribution < 1.29 is 9.47 Å². The lowest BCUT2D eigenvalue weighted by atomic mass is 10.7. The van der Waals surface area contributed by atoms with Crippen molar-refractivity contribution >= 4 is 7.26 Å². The summed E-state index contributed by atoms with van der Waals surface area (Å²) in [6.07, 6.45) is -0.0794. The maximum atomic E-state index is 5.59. The molecule has 0 heterocycles. The summed E-state index contributed by atoms with van der Waals surface area (Å²) in [5.74, 6) is 0.331. The summed E-state index contributed by atoms with van der Waals surface area (Å²) in [5, 5.41) is 0. The predicted molar refractivity (Wildman–Crippen MR) is 51.7 cm³/mol. The van der Waals surface area contributed by atoms with Gasteiger partial charge >= 0.3 is 0 Å². The molecule has 0 saturated carbocycles. The van der Waals surface area contributed by atoms with Gasteiger partial charge in [-0.15, -0.1) is 0 Å². The molecule has 0 aromatic heterocycles. The Bertz CT molecular complexity index is 109. The summed E-state index contributed by atoms with van der Waals surface area (Å²) >= 11 is 0. The second-order valence-electron chi connectivity index (χ2n) is 3.65. The molecular formula is C8H20O2P+. The van der Waals surface area contributed by atoms with E-state index in [0.29, 0.717) is 5.85 Å². The summed E-state index contributed by atoms with van der Waals surface area (Å²) < 4.78 is 10.6. The minimum Gasteiger partial charge on any atom is -0.356 e. The van der Waals surface area contributed by atoms with E-state index in [9.17, 15) is 0 Å². The second-order valence-corrected chi connectivity index (χ2v) is 8.61. The van der Waals surface area contributed by atoms with Gasteiger partial charge in [-0.1, -0.05) is 0 Å². The van der Waals surface area contributed by atoms with Gasteiger partial charge in [0.1, 0.15) is 0 Å². The third-order valence-corrected chi connectivity index (χ3v) is 4.11. The van der Waals surface area contributed by atoms with Crippen molar-refractivity contribution in [3.05, 3.63) is 0 Å². The maximum absolute atomic E-state index is 5.59. The van der Waals surface area contributed by atoms with Gasteiger partial charge in [0.2, 0.25) is 0 Å². The molecule has 0 saturated heterocycles. The van der Waals surface area contributed by atoms with E-state index in [1.165, 1.54) is 0 Å². The van der Waals surface area contributed by atoms with Gasteiger partial charge in [-0.2, -0.15) is 0 Å². The van der Waals surface area contributed by atoms with Crippen LogP contribution < -0.4 is 0 Å². The molecule has 11 heavy (non-hydrogen) atoms. The van der Waals surface area contributed by atoms with Gasteiger partial charge in [0, 0.05) is 14.4 Å². The Morgan fingerprint density at radius 2 is 1.55 bits per heavy atom. The van der Waals surface area contributed by atoms with Crippen LogP contribution in [-0.2, 0) is 9.47 Å². The zero-order valence-electron chi connectivity index (χ0n) is 8.42. The van der Waals surface area contributed by atoms with Crippen molar-refractivity contribution in [2.45, 2.75) is 26.0 Å². The third-order valence-electron chi connectivity index (χ3n) is 1.81. The molecule has 0 fully saturated rings. The molecule has 0 aromatic rings. The standard InChI is InChI=1S/C8H20O2P/c1-7(9-3)10-8(2)11(4,5)6/h7-8H,1-6H3/q+1. The minimum atomic E-state index is -0.876. The molecular weight excluding hydrogens is 159 g/mol. The summed E-state index contributed by atoms with van der Waals surface area (Å²) in [6.45, 7) is 10.8. The Morgan fingerprint density at radius 3 is 1.82 bits per heavy atom. The molecule has 0 radical (unpaired) electrons. The Labute approximate surface area is 70.6 Å². The smallest absolute Gasteiger partial charge is 0.166 e. The highest BCUT2D eigenvalue weighted by Gasteiger charge is 2.28. The van der Waals surface area contributed by atoms with E-state index in [-0.39, 0.29) is 6.29 Å². The molecule has 0 rings (SSSR count). The van der Waals surface area contributed by atoms with Gasteiger partial charge in [-0.25, -0.2) is 0 Å². The minimum absolute atomic E-state index is 0.0794. The molecule has 0 aromatic carbocycles. The van der Waals surface area contributed by atoms with Crippen LogP contribution in [0.4, 0.5) is 0 Å². The number of methoxy groups -OCH3 is 1. The molecule has 0 bridgehead atoms. The summed E-state index contributed by atoms with van der Waals surface area (Å²) in [6, 6.07) is 0. The molecule has 0 aliphatic heterocycles. The van der Waals surface area contributed by atoms with Crippen molar-refractivity contribution in [1.82, 2.24) is 0 Å². The molecule has 0 amide bonds. The van der Waals surface area contributed by atoms with Crippen LogP contribution in [0.3, 0.4) is 0 Å². The first-order valence-electron chi connectivity index (χ1n) is 3.87. The Balaban J connectivity index is 3.77. The van der Waals surface area contributed by atoms with Gasteiger partial charge in [0.15, 0.2) is 12.1 Å². The van der Waals surface area contributed by atoms with Gasteiger partial charge in [-0.05, 0) is 13.8 Å². The lowest BCUT2D eigenvalue weighted by Gasteiger charge is -2.23. The molecule has 0 aliphatic carbocycles. The zero-order valence-corrected chi connectivity index (χ0v) is 9.31. The maximum Gasteiger partial charge on any atom is 0.166 e. The molecule has 0 N–H and O–H groups in total. The molecule has 2 unspecified atom stereocenters. The van der Waals surface area contributed by atoms with Crippen molar-refractivity contribution in [2.24, 2.45) is 0 Å². The van der Waals surface area contributed by atoms with E-state index in [1.807, 2.05) is 6.92 Å². The van der Waals surface area contributed by atoms with E-state index < -0.39 is 7.26 Å². The average Bonchev–Trinajstić information content (AvgIpc) is 1.85. The van der Waals surface area contributed by atoms with Gasteiger partial charge in [0.05, 0.1) is 20.0 Å². The van der Waals surface area contributed by atoms with Crippen molar-refractivity contribution in [3.63, 3.8) is 0 Å². The lowest BCUT2D eigenvalue weighted by molar-refractivity contribution is -0.118. The van der Waals surface area contributed by atoms with Gasteiger partial charge < -0.3 is 9.47 Å². The van der Waals surface area contributed by atoms with Crippen LogP contribution in [0.2, 0.25) is 0 Å². The number of rotatable bonds is 4. The Kier molecular flexibility index (Phi) is 4.53. The zero-order chi connectivity index (χ0) is 9.07. The number of hydrogen-bond donors (Lipinski definition) is 0. The SMILES string of the molecule is COC(C)OC(C)[P+](C)(C)C. The second kappa shape index (κ2) is 4.39. The van der Waals surface area contributed by atoms with Gasteiger partial charge in [-0.3, -0.25) is 0 Å². The number of ether oxygens (including phenoxy) is 2. The highest BCUT2D eigenvalue weighted by molar-refractivity contribution is 7.74. The Morgan fingerprint density at radius 1 is 1.09 bits per heavy atom. The normalized spacial score (nSPS) is 18.0. The van der Waals surface area contributed by atoms with E-state index in [1.54, 1.807) is 7.11 Å². The third kappa shape index (κ3) is 4.73. The molecule has 0 aliphatic rings. The highest BCUT2D eigenvalue weighted by atomic mass is 31.2. The topological polar surface area (TPSA) is 18.5 Å². The van der Waals surface area contributed by atoms with E-state index in [2.05, 4.69) is 26.9 Å².